The lowest BCUT2D eigenvalue weighted by molar-refractivity contribution is -0.119. The summed E-state index contributed by atoms with van der Waals surface area (Å²) < 4.78 is 0. The van der Waals surface area contributed by atoms with Crippen molar-refractivity contribution in [2.75, 3.05) is 16.8 Å². The smallest absolute Gasteiger partial charge is 0.250 e. The van der Waals surface area contributed by atoms with Crippen molar-refractivity contribution in [1.82, 2.24) is 9.97 Å². The Hall–Kier alpha value is -1.85. The number of likely N-dealkylation sites (N-methyl/N-ethyl adjacent to an activating group) is 1. The van der Waals surface area contributed by atoms with E-state index in [1.807, 2.05) is 24.0 Å². The molecule has 0 saturated heterocycles. The molecule has 1 amide bonds. The van der Waals surface area contributed by atoms with Crippen molar-refractivity contribution in [1.29, 1.82) is 0 Å². The molecule has 0 fully saturated rings. The van der Waals surface area contributed by atoms with Gasteiger partial charge in [-0.05, 0) is 42.3 Å². The van der Waals surface area contributed by atoms with Gasteiger partial charge in [0.2, 0.25) is 11.2 Å². The number of amides is 1. The van der Waals surface area contributed by atoms with E-state index in [9.17, 15) is 4.79 Å². The largest absolute Gasteiger partial charge is 0.312 e. The number of carbonyl (C=O) groups is 1. The summed E-state index contributed by atoms with van der Waals surface area (Å²) in [4.78, 5) is 24.4. The fourth-order valence-electron chi connectivity index (χ4n) is 2.62. The first-order chi connectivity index (χ1) is 10.5. The van der Waals surface area contributed by atoms with Crippen LogP contribution >= 0.6 is 23.2 Å². The second kappa shape index (κ2) is 5.74. The van der Waals surface area contributed by atoms with Crippen molar-refractivity contribution in [2.24, 2.45) is 0 Å². The molecule has 0 saturated carbocycles. The lowest BCUT2D eigenvalue weighted by Crippen LogP contribution is -2.50. The van der Waals surface area contributed by atoms with E-state index in [4.69, 9.17) is 23.2 Å². The number of hydrogen-bond donors (Lipinski definition) is 0. The molecule has 22 heavy (non-hydrogen) atoms. The van der Waals surface area contributed by atoms with E-state index in [2.05, 4.69) is 9.97 Å². The topological polar surface area (TPSA) is 49.3 Å². The van der Waals surface area contributed by atoms with Crippen LogP contribution in [0.4, 0.5) is 17.2 Å². The SMILES string of the molecule is CCC1C(=O)N(C)c2cnc(Cl)nc2N1c1ccc(Cl)cc1. The summed E-state index contributed by atoms with van der Waals surface area (Å²) in [6.07, 6.45) is 2.21. The van der Waals surface area contributed by atoms with E-state index < -0.39 is 0 Å². The molecule has 1 atom stereocenters. The van der Waals surface area contributed by atoms with Crippen LogP contribution in [0, 0.1) is 0 Å². The lowest BCUT2D eigenvalue weighted by Gasteiger charge is -2.40. The highest BCUT2D eigenvalue weighted by Crippen LogP contribution is 2.39. The molecule has 0 radical (unpaired) electrons. The Kier molecular flexibility index (Phi) is 3.93. The molecule has 3 rings (SSSR count). The molecule has 1 aromatic carbocycles. The summed E-state index contributed by atoms with van der Waals surface area (Å²) in [6, 6.07) is 6.96. The Labute approximate surface area is 138 Å². The Morgan fingerprint density at radius 3 is 2.55 bits per heavy atom. The minimum Gasteiger partial charge on any atom is -0.312 e. The second-order valence-corrected chi connectivity index (χ2v) is 5.79. The number of rotatable bonds is 2. The molecule has 1 aromatic heterocycles. The summed E-state index contributed by atoms with van der Waals surface area (Å²) in [6.45, 7) is 1.97. The fourth-order valence-corrected chi connectivity index (χ4v) is 2.88. The average Bonchev–Trinajstić information content (AvgIpc) is 2.51. The van der Waals surface area contributed by atoms with Gasteiger partial charge in [-0.3, -0.25) is 4.79 Å². The highest BCUT2D eigenvalue weighted by molar-refractivity contribution is 6.30. The van der Waals surface area contributed by atoms with Gasteiger partial charge in [0.25, 0.3) is 0 Å². The molecule has 0 N–H and O–H groups in total. The van der Waals surface area contributed by atoms with Gasteiger partial charge in [0.15, 0.2) is 5.82 Å². The Bertz CT molecular complexity index is 720. The van der Waals surface area contributed by atoms with Gasteiger partial charge in [0.05, 0.1) is 6.20 Å². The summed E-state index contributed by atoms with van der Waals surface area (Å²) in [5, 5.41) is 0.786. The average molecular weight is 337 g/mol. The molecule has 2 heterocycles. The monoisotopic (exact) mass is 336 g/mol. The van der Waals surface area contributed by atoms with E-state index in [0.29, 0.717) is 22.9 Å². The fraction of sp³-hybridized carbons (Fsp3) is 0.267. The van der Waals surface area contributed by atoms with E-state index in [0.717, 1.165) is 5.69 Å². The number of nitrogens with zero attached hydrogens (tertiary/aromatic N) is 4. The van der Waals surface area contributed by atoms with Crippen molar-refractivity contribution in [3.8, 4) is 0 Å². The van der Waals surface area contributed by atoms with Crippen LogP contribution in [0.2, 0.25) is 10.3 Å². The molecule has 1 aliphatic heterocycles. The highest BCUT2D eigenvalue weighted by atomic mass is 35.5. The number of halogens is 2. The number of fused-ring (bicyclic) bond motifs is 1. The molecule has 0 spiro atoms. The normalized spacial score (nSPS) is 17.6. The van der Waals surface area contributed by atoms with Crippen molar-refractivity contribution in [3.63, 3.8) is 0 Å². The van der Waals surface area contributed by atoms with Crippen LogP contribution in [0.15, 0.2) is 30.5 Å². The minimum atomic E-state index is -0.343. The molecule has 0 aliphatic carbocycles. The molecule has 114 valence electrons. The number of anilines is 3. The van der Waals surface area contributed by atoms with Crippen LogP contribution in [0.1, 0.15) is 13.3 Å². The predicted molar refractivity (Wildman–Crippen MR) is 88.1 cm³/mol. The number of aromatic nitrogens is 2. The Morgan fingerprint density at radius 1 is 1.23 bits per heavy atom. The van der Waals surface area contributed by atoms with Crippen LogP contribution in [0.25, 0.3) is 0 Å². The summed E-state index contributed by atoms with van der Waals surface area (Å²) in [5.74, 6) is 0.618. The number of hydrogen-bond acceptors (Lipinski definition) is 4. The van der Waals surface area contributed by atoms with Gasteiger partial charge in [-0.15, -0.1) is 0 Å². The van der Waals surface area contributed by atoms with Crippen molar-refractivity contribution in [3.05, 3.63) is 40.8 Å². The van der Waals surface area contributed by atoms with Crippen molar-refractivity contribution >= 4 is 46.3 Å². The van der Waals surface area contributed by atoms with E-state index >= 15 is 0 Å². The van der Waals surface area contributed by atoms with Crippen LogP contribution in [-0.2, 0) is 4.79 Å². The summed E-state index contributed by atoms with van der Waals surface area (Å²) in [5.41, 5.74) is 1.47. The summed E-state index contributed by atoms with van der Waals surface area (Å²) >= 11 is 11.9. The first kappa shape index (κ1) is 15.1. The first-order valence-corrected chi connectivity index (χ1v) is 7.63. The quantitative estimate of drug-likeness (QED) is 0.785. The molecular weight excluding hydrogens is 323 g/mol. The van der Waals surface area contributed by atoms with Gasteiger partial charge in [-0.1, -0.05) is 18.5 Å². The van der Waals surface area contributed by atoms with Crippen molar-refractivity contribution < 1.29 is 4.79 Å². The third kappa shape index (κ3) is 2.40. The van der Waals surface area contributed by atoms with Gasteiger partial charge in [-0.25, -0.2) is 4.98 Å². The van der Waals surface area contributed by atoms with Gasteiger partial charge >= 0.3 is 0 Å². The molecule has 0 bridgehead atoms. The zero-order chi connectivity index (χ0) is 15.9. The molecule has 7 heteroatoms. The van der Waals surface area contributed by atoms with E-state index in [1.54, 1.807) is 30.3 Å². The van der Waals surface area contributed by atoms with Gasteiger partial charge in [0.1, 0.15) is 11.7 Å². The van der Waals surface area contributed by atoms with Gasteiger partial charge in [0, 0.05) is 17.8 Å². The maximum atomic E-state index is 12.6. The maximum absolute atomic E-state index is 12.6. The third-order valence-corrected chi connectivity index (χ3v) is 4.16. The maximum Gasteiger partial charge on any atom is 0.250 e. The van der Waals surface area contributed by atoms with Crippen LogP contribution in [-0.4, -0.2) is 29.0 Å². The summed E-state index contributed by atoms with van der Waals surface area (Å²) in [7, 11) is 1.72. The van der Waals surface area contributed by atoms with Crippen molar-refractivity contribution in [2.45, 2.75) is 19.4 Å². The van der Waals surface area contributed by atoms with Crippen LogP contribution in [0.5, 0.6) is 0 Å². The molecule has 1 unspecified atom stereocenters. The number of benzene rings is 1. The van der Waals surface area contributed by atoms with Gasteiger partial charge in [-0.2, -0.15) is 4.98 Å². The minimum absolute atomic E-state index is 0.00382. The molecular formula is C15H14Cl2N4O. The highest BCUT2D eigenvalue weighted by Gasteiger charge is 2.37. The van der Waals surface area contributed by atoms with Gasteiger partial charge < -0.3 is 9.80 Å². The lowest BCUT2D eigenvalue weighted by atomic mass is 10.1. The van der Waals surface area contributed by atoms with Crippen LogP contribution in [0.3, 0.4) is 0 Å². The standard InChI is InChI=1S/C15H14Cl2N4O/c1-3-11-14(22)20(2)12-8-18-15(17)19-13(12)21(11)10-6-4-9(16)5-7-10/h4-8,11H,3H2,1-2H3. The van der Waals surface area contributed by atoms with Crippen LogP contribution < -0.4 is 9.80 Å². The molecule has 1 aliphatic rings. The zero-order valence-corrected chi connectivity index (χ0v) is 13.6. The second-order valence-electron chi connectivity index (χ2n) is 5.02. The Morgan fingerprint density at radius 2 is 1.91 bits per heavy atom. The first-order valence-electron chi connectivity index (χ1n) is 6.88. The number of carbonyl (C=O) groups excluding carboxylic acids is 1. The predicted octanol–water partition coefficient (Wildman–Crippen LogP) is 3.68. The third-order valence-electron chi connectivity index (χ3n) is 3.73. The Balaban J connectivity index is 2.20. The van der Waals surface area contributed by atoms with E-state index in [-0.39, 0.29) is 17.2 Å². The zero-order valence-electron chi connectivity index (χ0n) is 12.1. The van der Waals surface area contributed by atoms with E-state index in [1.165, 1.54) is 0 Å². The molecule has 5 nitrogen and oxygen atoms in total. The molecule has 2 aromatic rings.